The average Bonchev–Trinajstić information content (AvgIpc) is 2.76. The minimum absolute atomic E-state index is 0.127. The third kappa shape index (κ3) is 1.71. The van der Waals surface area contributed by atoms with E-state index in [1.165, 1.54) is 4.52 Å². The number of aromatic hydroxyl groups is 1. The molecule has 0 amide bonds. The fraction of sp³-hybridized carbons (Fsp3) is 0.200. The van der Waals surface area contributed by atoms with Gasteiger partial charge in [0.15, 0.2) is 0 Å². The van der Waals surface area contributed by atoms with Gasteiger partial charge in [0.05, 0.1) is 5.69 Å². The molecular formula is C15H15N3O2. The molecule has 0 radical (unpaired) electrons. The van der Waals surface area contributed by atoms with Crippen molar-refractivity contribution in [1.29, 1.82) is 0 Å². The van der Waals surface area contributed by atoms with Gasteiger partial charge in [-0.25, -0.2) is 0 Å². The Morgan fingerprint density at radius 1 is 1.30 bits per heavy atom. The van der Waals surface area contributed by atoms with Gasteiger partial charge in [0.25, 0.3) is 5.56 Å². The van der Waals surface area contributed by atoms with Crippen molar-refractivity contribution in [3.8, 4) is 17.0 Å². The van der Waals surface area contributed by atoms with E-state index in [1.54, 1.807) is 12.1 Å². The highest BCUT2D eigenvalue weighted by molar-refractivity contribution is 5.69. The molecule has 0 aliphatic heterocycles. The Bertz CT molecular complexity index is 832. The van der Waals surface area contributed by atoms with E-state index in [-0.39, 0.29) is 17.0 Å². The summed E-state index contributed by atoms with van der Waals surface area (Å²) in [6, 6.07) is 9.08. The van der Waals surface area contributed by atoms with Gasteiger partial charge in [-0.3, -0.25) is 4.79 Å². The van der Waals surface area contributed by atoms with E-state index in [0.29, 0.717) is 11.2 Å². The van der Waals surface area contributed by atoms with Crippen molar-refractivity contribution in [1.82, 2.24) is 14.6 Å². The third-order valence-electron chi connectivity index (χ3n) is 3.48. The van der Waals surface area contributed by atoms with Crippen molar-refractivity contribution in [3.05, 3.63) is 51.9 Å². The summed E-state index contributed by atoms with van der Waals surface area (Å²) in [6.45, 7) is 3.86. The molecule has 0 saturated carbocycles. The number of H-pyrrole nitrogens is 1. The van der Waals surface area contributed by atoms with Crippen LogP contribution in [-0.2, 0) is 6.42 Å². The summed E-state index contributed by atoms with van der Waals surface area (Å²) in [7, 11) is 0. The lowest BCUT2D eigenvalue weighted by molar-refractivity contribution is 0.436. The Hall–Kier alpha value is -2.56. The molecule has 5 nitrogen and oxygen atoms in total. The number of hydrogen-bond donors (Lipinski definition) is 2. The zero-order valence-corrected chi connectivity index (χ0v) is 11.3. The van der Waals surface area contributed by atoms with Gasteiger partial charge in [-0.05, 0) is 18.9 Å². The monoisotopic (exact) mass is 269 g/mol. The third-order valence-corrected chi connectivity index (χ3v) is 3.48. The van der Waals surface area contributed by atoms with Gasteiger partial charge >= 0.3 is 0 Å². The van der Waals surface area contributed by atoms with Crippen molar-refractivity contribution in [3.63, 3.8) is 0 Å². The van der Waals surface area contributed by atoms with Crippen molar-refractivity contribution in [2.75, 3.05) is 0 Å². The van der Waals surface area contributed by atoms with Crippen molar-refractivity contribution >= 4 is 5.65 Å². The molecule has 0 atom stereocenters. The first-order chi connectivity index (χ1) is 9.63. The predicted molar refractivity (Wildman–Crippen MR) is 77.0 cm³/mol. The number of fused-ring (bicyclic) bond motifs is 1. The van der Waals surface area contributed by atoms with Gasteiger partial charge in [0, 0.05) is 5.56 Å². The van der Waals surface area contributed by atoms with E-state index in [1.807, 2.05) is 32.0 Å². The zero-order valence-electron chi connectivity index (χ0n) is 11.3. The summed E-state index contributed by atoms with van der Waals surface area (Å²) in [5, 5.41) is 14.7. The molecule has 2 N–H and O–H groups in total. The molecule has 0 spiro atoms. The first-order valence-corrected chi connectivity index (χ1v) is 6.52. The molecule has 0 aliphatic carbocycles. The molecule has 0 aliphatic rings. The number of aryl methyl sites for hydroxylation is 2. The topological polar surface area (TPSA) is 70.4 Å². The van der Waals surface area contributed by atoms with Crippen molar-refractivity contribution < 1.29 is 5.11 Å². The molecule has 0 saturated heterocycles. The fourth-order valence-corrected chi connectivity index (χ4v) is 2.51. The fourth-order valence-electron chi connectivity index (χ4n) is 2.51. The average molecular weight is 269 g/mol. The lowest BCUT2D eigenvalue weighted by atomic mass is 10.1. The molecule has 2 aromatic heterocycles. The minimum atomic E-state index is -0.309. The molecule has 102 valence electrons. The molecule has 0 unspecified atom stereocenters. The van der Waals surface area contributed by atoms with Gasteiger partial charge in [-0.15, -0.1) is 0 Å². The molecule has 2 heterocycles. The van der Waals surface area contributed by atoms with Crippen LogP contribution in [0.25, 0.3) is 16.8 Å². The van der Waals surface area contributed by atoms with Crippen LogP contribution in [0.1, 0.15) is 18.2 Å². The minimum Gasteiger partial charge on any atom is -0.493 e. The summed E-state index contributed by atoms with van der Waals surface area (Å²) in [6.07, 6.45) is 0.745. The molecule has 20 heavy (non-hydrogen) atoms. The van der Waals surface area contributed by atoms with E-state index in [2.05, 4.69) is 10.1 Å². The summed E-state index contributed by atoms with van der Waals surface area (Å²) in [4.78, 5) is 15.1. The summed E-state index contributed by atoms with van der Waals surface area (Å²) < 4.78 is 1.40. The van der Waals surface area contributed by atoms with Crippen LogP contribution in [0.4, 0.5) is 0 Å². The number of aromatic amines is 1. The molecule has 0 bridgehead atoms. The summed E-state index contributed by atoms with van der Waals surface area (Å²) in [5.41, 5.74) is 2.91. The maximum atomic E-state index is 12.3. The lowest BCUT2D eigenvalue weighted by Crippen LogP contribution is -2.13. The Labute approximate surface area is 115 Å². The second-order valence-electron chi connectivity index (χ2n) is 4.70. The maximum Gasteiger partial charge on any atom is 0.262 e. The quantitative estimate of drug-likeness (QED) is 0.749. The van der Waals surface area contributed by atoms with E-state index >= 15 is 0 Å². The smallest absolute Gasteiger partial charge is 0.262 e. The number of nitrogens with zero attached hydrogens (tertiary/aromatic N) is 2. The largest absolute Gasteiger partial charge is 0.493 e. The van der Waals surface area contributed by atoms with Gasteiger partial charge < -0.3 is 10.1 Å². The first-order valence-electron chi connectivity index (χ1n) is 6.52. The molecule has 1 aromatic carbocycles. The predicted octanol–water partition coefficient (Wildman–Crippen LogP) is 2.27. The number of nitrogens with one attached hydrogen (secondary N) is 1. The lowest BCUT2D eigenvalue weighted by Gasteiger charge is -2.06. The van der Waals surface area contributed by atoms with Crippen LogP contribution < -0.4 is 5.56 Å². The van der Waals surface area contributed by atoms with Gasteiger partial charge in [-0.1, -0.05) is 37.3 Å². The van der Waals surface area contributed by atoms with Crippen molar-refractivity contribution in [2.24, 2.45) is 0 Å². The van der Waals surface area contributed by atoms with Crippen LogP contribution in [0.3, 0.4) is 0 Å². The normalized spacial score (nSPS) is 11.1. The standard InChI is InChI=1S/C15H15N3O2/c1-3-11-9(2)17-18-13(11)16-14(19)12(15(18)20)10-7-5-4-6-8-10/h4-8,20H,3H2,1-2H3,(H,16,19). The molecule has 3 aromatic rings. The number of benzene rings is 1. The number of aromatic nitrogens is 3. The SMILES string of the molecule is CCc1c(C)nn2c(O)c(-c3ccccc3)c(=O)[nH]c12. The highest BCUT2D eigenvalue weighted by Crippen LogP contribution is 2.27. The Morgan fingerprint density at radius 2 is 2.00 bits per heavy atom. The Morgan fingerprint density at radius 3 is 2.65 bits per heavy atom. The number of rotatable bonds is 2. The molecular weight excluding hydrogens is 254 g/mol. The van der Waals surface area contributed by atoms with E-state index < -0.39 is 0 Å². The highest BCUT2D eigenvalue weighted by atomic mass is 16.3. The van der Waals surface area contributed by atoms with Gasteiger partial charge in [0.1, 0.15) is 11.2 Å². The van der Waals surface area contributed by atoms with E-state index in [4.69, 9.17) is 0 Å². The maximum absolute atomic E-state index is 12.3. The van der Waals surface area contributed by atoms with Crippen LogP contribution in [0, 0.1) is 6.92 Å². The molecule has 3 rings (SSSR count). The first kappa shape index (κ1) is 12.5. The Balaban J connectivity index is 2.39. The van der Waals surface area contributed by atoms with Crippen LogP contribution >= 0.6 is 0 Å². The summed E-state index contributed by atoms with van der Waals surface area (Å²) in [5.74, 6) is -0.127. The van der Waals surface area contributed by atoms with Gasteiger partial charge in [-0.2, -0.15) is 9.61 Å². The summed E-state index contributed by atoms with van der Waals surface area (Å²) >= 11 is 0. The second-order valence-corrected chi connectivity index (χ2v) is 4.70. The second kappa shape index (κ2) is 4.52. The van der Waals surface area contributed by atoms with Crippen LogP contribution in [0.2, 0.25) is 0 Å². The van der Waals surface area contributed by atoms with Gasteiger partial charge in [0.2, 0.25) is 5.88 Å². The van der Waals surface area contributed by atoms with Crippen LogP contribution in [0.5, 0.6) is 5.88 Å². The highest BCUT2D eigenvalue weighted by Gasteiger charge is 2.18. The van der Waals surface area contributed by atoms with Crippen molar-refractivity contribution in [2.45, 2.75) is 20.3 Å². The molecule has 5 heteroatoms. The van der Waals surface area contributed by atoms with E-state index in [9.17, 15) is 9.90 Å². The van der Waals surface area contributed by atoms with E-state index in [0.717, 1.165) is 17.7 Å². The number of hydrogen-bond acceptors (Lipinski definition) is 3. The van der Waals surface area contributed by atoms with Crippen LogP contribution in [0.15, 0.2) is 35.1 Å². The Kier molecular flexibility index (Phi) is 2.82. The zero-order chi connectivity index (χ0) is 14.3. The van der Waals surface area contributed by atoms with Crippen LogP contribution in [-0.4, -0.2) is 19.7 Å². The molecule has 0 fully saturated rings.